The van der Waals surface area contributed by atoms with E-state index in [1.54, 1.807) is 13.3 Å². The molecular weight excluding hydrogens is 483 g/mol. The van der Waals surface area contributed by atoms with Crippen LogP contribution >= 0.6 is 23.2 Å². The van der Waals surface area contributed by atoms with Crippen LogP contribution in [0.15, 0.2) is 48.7 Å². The number of hydrogen-bond acceptors (Lipinski definition) is 4. The van der Waals surface area contributed by atoms with Gasteiger partial charge < -0.3 is 9.30 Å². The third kappa shape index (κ3) is 3.00. The van der Waals surface area contributed by atoms with Gasteiger partial charge in [0, 0.05) is 22.8 Å². The SMILES string of the molecule is COc1ncccc1-c1nc2c(n1C(C)C)C1c3ccc(Cl)cc3-c3c(Cl)ccc(C)c3N1C2=O. The van der Waals surface area contributed by atoms with Gasteiger partial charge in [-0.25, -0.2) is 9.97 Å². The van der Waals surface area contributed by atoms with Gasteiger partial charge in [-0.1, -0.05) is 35.3 Å². The van der Waals surface area contributed by atoms with Gasteiger partial charge in [0.25, 0.3) is 5.91 Å². The second kappa shape index (κ2) is 7.83. The number of aryl methyl sites for hydroxylation is 1. The molecule has 0 aliphatic carbocycles. The molecule has 0 N–H and O–H groups in total. The molecule has 35 heavy (non-hydrogen) atoms. The van der Waals surface area contributed by atoms with Crippen LogP contribution in [-0.4, -0.2) is 27.6 Å². The van der Waals surface area contributed by atoms with E-state index in [1.807, 2.05) is 54.3 Å². The average molecular weight is 505 g/mol. The minimum absolute atomic E-state index is 0.0246. The summed E-state index contributed by atoms with van der Waals surface area (Å²) in [4.78, 5) is 25.1. The second-order valence-electron chi connectivity index (χ2n) is 9.09. The molecule has 1 amide bonds. The van der Waals surface area contributed by atoms with Gasteiger partial charge in [-0.15, -0.1) is 0 Å². The van der Waals surface area contributed by atoms with Crippen LogP contribution in [0.4, 0.5) is 5.69 Å². The number of benzene rings is 2. The Balaban J connectivity index is 1.69. The summed E-state index contributed by atoms with van der Waals surface area (Å²) in [5.41, 5.74) is 6.50. The summed E-state index contributed by atoms with van der Waals surface area (Å²) in [5, 5.41) is 1.20. The van der Waals surface area contributed by atoms with E-state index < -0.39 is 0 Å². The van der Waals surface area contributed by atoms with Crippen molar-refractivity contribution >= 4 is 34.8 Å². The van der Waals surface area contributed by atoms with Crippen LogP contribution in [0, 0.1) is 6.92 Å². The van der Waals surface area contributed by atoms with Gasteiger partial charge in [0.1, 0.15) is 11.9 Å². The first-order valence-electron chi connectivity index (χ1n) is 11.4. The van der Waals surface area contributed by atoms with E-state index in [-0.39, 0.29) is 18.0 Å². The molecule has 4 heterocycles. The van der Waals surface area contributed by atoms with Crippen molar-refractivity contribution in [3.05, 3.63) is 81.2 Å². The largest absolute Gasteiger partial charge is 0.480 e. The summed E-state index contributed by atoms with van der Waals surface area (Å²) in [6.45, 7) is 6.17. The fraction of sp³-hybridized carbons (Fsp3) is 0.222. The number of rotatable bonds is 3. The molecule has 6 rings (SSSR count). The van der Waals surface area contributed by atoms with Crippen LogP contribution in [0.25, 0.3) is 22.5 Å². The van der Waals surface area contributed by atoms with Gasteiger partial charge in [0.05, 0.1) is 29.1 Å². The molecule has 8 heteroatoms. The molecule has 2 aromatic heterocycles. The van der Waals surface area contributed by atoms with E-state index in [1.165, 1.54) is 0 Å². The number of halogens is 2. The molecule has 0 spiro atoms. The molecule has 0 bridgehead atoms. The zero-order chi connectivity index (χ0) is 24.6. The van der Waals surface area contributed by atoms with Crippen molar-refractivity contribution in [2.24, 2.45) is 0 Å². The Hall–Kier alpha value is -3.35. The Morgan fingerprint density at radius 3 is 2.63 bits per heavy atom. The molecule has 2 aromatic carbocycles. The maximum atomic E-state index is 14.0. The van der Waals surface area contributed by atoms with E-state index in [9.17, 15) is 4.79 Å². The minimum atomic E-state index is -0.360. The lowest BCUT2D eigenvalue weighted by Gasteiger charge is -2.36. The number of anilines is 1. The van der Waals surface area contributed by atoms with Crippen LogP contribution in [0.5, 0.6) is 5.88 Å². The number of carbonyl (C=O) groups is 1. The first kappa shape index (κ1) is 22.1. The van der Waals surface area contributed by atoms with Crippen molar-refractivity contribution in [1.29, 1.82) is 0 Å². The highest BCUT2D eigenvalue weighted by Crippen LogP contribution is 2.56. The third-order valence-electron chi connectivity index (χ3n) is 6.76. The second-order valence-corrected chi connectivity index (χ2v) is 9.93. The topological polar surface area (TPSA) is 60.3 Å². The van der Waals surface area contributed by atoms with E-state index in [2.05, 4.69) is 23.4 Å². The standard InChI is InChI=1S/C27H22Cl2N4O2/c1-13(2)32-24-21(31-25(32)17-6-5-11-30-26(17)35-4)27(34)33-22-14(3)7-10-19(29)20(22)18-12-15(28)8-9-16(18)23(24)33/h5-13,23H,1-4H3. The summed E-state index contributed by atoms with van der Waals surface area (Å²) in [5.74, 6) is 0.971. The number of aromatic nitrogens is 3. The van der Waals surface area contributed by atoms with Crippen LogP contribution in [0.3, 0.4) is 0 Å². The van der Waals surface area contributed by atoms with Crippen LogP contribution < -0.4 is 9.64 Å². The summed E-state index contributed by atoms with van der Waals surface area (Å²) in [6, 6.07) is 13.0. The molecule has 0 fully saturated rings. The van der Waals surface area contributed by atoms with Crippen molar-refractivity contribution in [2.45, 2.75) is 32.9 Å². The molecule has 6 nitrogen and oxygen atoms in total. The first-order chi connectivity index (χ1) is 16.8. The highest BCUT2D eigenvalue weighted by Gasteiger charge is 2.49. The zero-order valence-corrected chi connectivity index (χ0v) is 21.1. The lowest BCUT2D eigenvalue weighted by Crippen LogP contribution is -2.34. The Morgan fingerprint density at radius 2 is 1.89 bits per heavy atom. The molecule has 4 aromatic rings. The molecule has 0 saturated carbocycles. The van der Waals surface area contributed by atoms with E-state index >= 15 is 0 Å². The fourth-order valence-corrected chi connectivity index (χ4v) is 5.82. The zero-order valence-electron chi connectivity index (χ0n) is 19.6. The molecule has 2 aliphatic rings. The summed E-state index contributed by atoms with van der Waals surface area (Å²) in [6.07, 6.45) is 1.68. The third-order valence-corrected chi connectivity index (χ3v) is 7.31. The minimum Gasteiger partial charge on any atom is -0.480 e. The van der Waals surface area contributed by atoms with Crippen molar-refractivity contribution in [1.82, 2.24) is 14.5 Å². The molecule has 2 aliphatic heterocycles. The Bertz CT molecular complexity index is 1540. The number of imidazole rings is 1. The summed E-state index contributed by atoms with van der Waals surface area (Å²) >= 11 is 13.2. The average Bonchev–Trinajstić information content (AvgIpc) is 3.36. The van der Waals surface area contributed by atoms with Crippen LogP contribution in [-0.2, 0) is 0 Å². The summed E-state index contributed by atoms with van der Waals surface area (Å²) in [7, 11) is 1.58. The molecule has 0 saturated heterocycles. The van der Waals surface area contributed by atoms with Gasteiger partial charge in [-0.05, 0) is 67.8 Å². The number of nitrogens with zero attached hydrogens (tertiary/aromatic N) is 4. The Labute approximate surface area is 213 Å². The van der Waals surface area contributed by atoms with Crippen LogP contribution in [0.2, 0.25) is 10.0 Å². The Morgan fingerprint density at radius 1 is 1.09 bits per heavy atom. The summed E-state index contributed by atoms with van der Waals surface area (Å²) < 4.78 is 7.65. The smallest absolute Gasteiger partial charge is 0.279 e. The van der Waals surface area contributed by atoms with Crippen molar-refractivity contribution in [3.63, 3.8) is 0 Å². The normalized spacial score (nSPS) is 15.7. The number of carbonyl (C=O) groups excluding carboxylic acids is 1. The monoisotopic (exact) mass is 504 g/mol. The number of fused-ring (bicyclic) bond motifs is 8. The molecule has 1 unspecified atom stereocenters. The lowest BCUT2D eigenvalue weighted by atomic mass is 9.86. The number of pyridine rings is 1. The Kier molecular flexibility index (Phi) is 4.95. The number of hydrogen-bond donors (Lipinski definition) is 0. The van der Waals surface area contributed by atoms with Gasteiger partial charge in [-0.2, -0.15) is 0 Å². The number of ether oxygens (including phenoxy) is 1. The van der Waals surface area contributed by atoms with E-state index in [4.69, 9.17) is 32.9 Å². The first-order valence-corrected chi connectivity index (χ1v) is 12.1. The molecule has 176 valence electrons. The van der Waals surface area contributed by atoms with E-state index in [0.29, 0.717) is 27.4 Å². The molecular formula is C27H22Cl2N4O2. The van der Waals surface area contributed by atoms with Gasteiger partial charge in [-0.3, -0.25) is 9.69 Å². The van der Waals surface area contributed by atoms with E-state index in [0.717, 1.165) is 39.2 Å². The maximum Gasteiger partial charge on any atom is 0.279 e. The molecule has 0 radical (unpaired) electrons. The molecule has 1 atom stereocenters. The highest BCUT2D eigenvalue weighted by molar-refractivity contribution is 6.35. The predicted octanol–water partition coefficient (Wildman–Crippen LogP) is 6.88. The maximum absolute atomic E-state index is 14.0. The lowest BCUT2D eigenvalue weighted by molar-refractivity contribution is 0.0989. The van der Waals surface area contributed by atoms with Gasteiger partial charge in [0.15, 0.2) is 5.69 Å². The quantitative estimate of drug-likeness (QED) is 0.305. The van der Waals surface area contributed by atoms with Crippen molar-refractivity contribution < 1.29 is 9.53 Å². The predicted molar refractivity (Wildman–Crippen MR) is 138 cm³/mol. The van der Waals surface area contributed by atoms with Gasteiger partial charge in [0.2, 0.25) is 5.88 Å². The highest BCUT2D eigenvalue weighted by atomic mass is 35.5. The van der Waals surface area contributed by atoms with Gasteiger partial charge >= 0.3 is 0 Å². The fourth-order valence-electron chi connectivity index (χ4n) is 5.39. The van der Waals surface area contributed by atoms with Crippen molar-refractivity contribution in [3.8, 4) is 28.4 Å². The van der Waals surface area contributed by atoms with Crippen molar-refractivity contribution in [2.75, 3.05) is 12.0 Å². The number of amides is 1. The number of methoxy groups -OCH3 is 1. The van der Waals surface area contributed by atoms with Crippen LogP contribution in [0.1, 0.15) is 53.2 Å².